The van der Waals surface area contributed by atoms with E-state index in [1.165, 1.54) is 16.5 Å². The van der Waals surface area contributed by atoms with Crippen molar-refractivity contribution in [3.05, 3.63) is 35.7 Å². The number of amides is 1. The van der Waals surface area contributed by atoms with Gasteiger partial charge in [-0.25, -0.2) is 9.18 Å². The molecule has 1 aromatic carbocycles. The number of rotatable bonds is 4. The van der Waals surface area contributed by atoms with Crippen LogP contribution in [0.3, 0.4) is 0 Å². The summed E-state index contributed by atoms with van der Waals surface area (Å²) in [6.07, 6.45) is 2.86. The van der Waals surface area contributed by atoms with Gasteiger partial charge in [0.2, 0.25) is 0 Å². The maximum Gasteiger partial charge on any atom is 0.414 e. The van der Waals surface area contributed by atoms with Gasteiger partial charge in [-0.3, -0.25) is 4.90 Å². The number of allylic oxidation sites excluding steroid dienone is 1. The van der Waals surface area contributed by atoms with Gasteiger partial charge in [0.25, 0.3) is 0 Å². The zero-order valence-electron chi connectivity index (χ0n) is 13.8. The van der Waals surface area contributed by atoms with Crippen LogP contribution in [0, 0.1) is 17.1 Å². The Labute approximate surface area is 145 Å². The van der Waals surface area contributed by atoms with Crippen molar-refractivity contribution in [1.29, 1.82) is 5.26 Å². The summed E-state index contributed by atoms with van der Waals surface area (Å²) in [7, 11) is 0. The number of aliphatic hydroxyl groups is 1. The van der Waals surface area contributed by atoms with Gasteiger partial charge in [-0.05, 0) is 31.0 Å². The molecule has 2 heterocycles. The molecule has 1 amide bonds. The molecule has 0 aromatic heterocycles. The number of nitriles is 1. The second-order valence-electron chi connectivity index (χ2n) is 6.15. The van der Waals surface area contributed by atoms with E-state index in [4.69, 9.17) is 15.1 Å². The number of hydrogen-bond acceptors (Lipinski definition) is 5. The van der Waals surface area contributed by atoms with Gasteiger partial charge >= 0.3 is 6.09 Å². The summed E-state index contributed by atoms with van der Waals surface area (Å²) in [4.78, 5) is 15.1. The molecule has 0 spiro atoms. The SMILES string of the molecule is N#CCC=C1CCN(c2ccc(N3CC(CO)OC3=O)cc2F)CC1. The van der Waals surface area contributed by atoms with Crippen molar-refractivity contribution in [3.63, 3.8) is 0 Å². The predicted octanol–water partition coefficient (Wildman–Crippen LogP) is 2.58. The average Bonchev–Trinajstić information content (AvgIpc) is 3.01. The molecule has 25 heavy (non-hydrogen) atoms. The Bertz CT molecular complexity index is 719. The first-order valence-corrected chi connectivity index (χ1v) is 8.30. The minimum absolute atomic E-state index is 0.213. The summed E-state index contributed by atoms with van der Waals surface area (Å²) >= 11 is 0. The maximum atomic E-state index is 14.6. The summed E-state index contributed by atoms with van der Waals surface area (Å²) in [6.45, 7) is 1.36. The number of aliphatic hydroxyl groups excluding tert-OH is 1. The van der Waals surface area contributed by atoms with Gasteiger partial charge in [0.05, 0.1) is 37.0 Å². The van der Waals surface area contributed by atoms with E-state index < -0.39 is 12.2 Å². The van der Waals surface area contributed by atoms with Gasteiger partial charge in [-0.1, -0.05) is 11.6 Å². The normalized spacial score (nSPS) is 20.4. The largest absolute Gasteiger partial charge is 0.441 e. The highest BCUT2D eigenvalue weighted by Gasteiger charge is 2.32. The summed E-state index contributed by atoms with van der Waals surface area (Å²) in [6, 6.07) is 6.80. The number of hydrogen-bond donors (Lipinski definition) is 1. The van der Waals surface area contributed by atoms with Crippen LogP contribution >= 0.6 is 0 Å². The van der Waals surface area contributed by atoms with Crippen LogP contribution in [0.15, 0.2) is 29.8 Å². The van der Waals surface area contributed by atoms with Crippen LogP contribution in [0.4, 0.5) is 20.6 Å². The molecule has 1 atom stereocenters. The molecule has 0 saturated carbocycles. The molecular weight excluding hydrogens is 325 g/mol. The van der Waals surface area contributed by atoms with E-state index in [1.54, 1.807) is 12.1 Å². The fraction of sp³-hybridized carbons (Fsp3) is 0.444. The summed E-state index contributed by atoms with van der Waals surface area (Å²) < 4.78 is 19.5. The van der Waals surface area contributed by atoms with Gasteiger partial charge in [-0.2, -0.15) is 5.26 Å². The fourth-order valence-corrected chi connectivity index (χ4v) is 3.18. The van der Waals surface area contributed by atoms with Crippen molar-refractivity contribution < 1.29 is 19.0 Å². The molecule has 2 aliphatic rings. The Morgan fingerprint density at radius 3 is 2.76 bits per heavy atom. The van der Waals surface area contributed by atoms with Crippen LogP contribution < -0.4 is 9.80 Å². The van der Waals surface area contributed by atoms with E-state index in [0.717, 1.165) is 12.8 Å². The van der Waals surface area contributed by atoms with Crippen molar-refractivity contribution >= 4 is 17.5 Å². The summed E-state index contributed by atoms with van der Waals surface area (Å²) in [5.74, 6) is -0.387. The summed E-state index contributed by atoms with van der Waals surface area (Å²) in [5, 5.41) is 17.7. The van der Waals surface area contributed by atoms with Crippen molar-refractivity contribution in [3.8, 4) is 6.07 Å². The van der Waals surface area contributed by atoms with Gasteiger partial charge in [0.15, 0.2) is 0 Å². The van der Waals surface area contributed by atoms with E-state index in [1.807, 2.05) is 11.0 Å². The maximum absolute atomic E-state index is 14.6. The second kappa shape index (κ2) is 7.53. The number of ether oxygens (including phenoxy) is 1. The first-order chi connectivity index (χ1) is 12.1. The van der Waals surface area contributed by atoms with Gasteiger partial charge in [0, 0.05) is 13.1 Å². The lowest BCUT2D eigenvalue weighted by atomic mass is 10.0. The topological polar surface area (TPSA) is 76.8 Å². The Morgan fingerprint density at radius 2 is 2.16 bits per heavy atom. The molecule has 2 aliphatic heterocycles. The van der Waals surface area contributed by atoms with Gasteiger partial charge < -0.3 is 14.7 Å². The molecule has 0 aliphatic carbocycles. The Kier molecular flexibility index (Phi) is 5.19. The van der Waals surface area contributed by atoms with E-state index in [2.05, 4.69) is 6.07 Å². The number of benzene rings is 1. The number of halogens is 1. The Morgan fingerprint density at radius 1 is 1.40 bits per heavy atom. The van der Waals surface area contributed by atoms with Crippen molar-refractivity contribution in [2.75, 3.05) is 36.0 Å². The lowest BCUT2D eigenvalue weighted by molar-refractivity contribution is 0.0963. The molecule has 2 saturated heterocycles. The quantitative estimate of drug-likeness (QED) is 0.849. The molecule has 3 rings (SSSR count). The molecular formula is C18H20FN3O3. The molecule has 6 nitrogen and oxygen atoms in total. The van der Waals surface area contributed by atoms with Gasteiger partial charge in [0.1, 0.15) is 11.9 Å². The van der Waals surface area contributed by atoms with Crippen LogP contribution in [0.2, 0.25) is 0 Å². The van der Waals surface area contributed by atoms with Crippen LogP contribution in [0.25, 0.3) is 0 Å². The third kappa shape index (κ3) is 3.74. The molecule has 7 heteroatoms. The number of carbonyl (C=O) groups excluding carboxylic acids is 1. The van der Waals surface area contributed by atoms with E-state index in [0.29, 0.717) is 30.9 Å². The highest BCUT2D eigenvalue weighted by Crippen LogP contribution is 2.30. The smallest absolute Gasteiger partial charge is 0.414 e. The predicted molar refractivity (Wildman–Crippen MR) is 90.9 cm³/mol. The number of nitrogens with zero attached hydrogens (tertiary/aromatic N) is 3. The third-order valence-corrected chi connectivity index (χ3v) is 4.55. The summed E-state index contributed by atoms with van der Waals surface area (Å²) in [5.41, 5.74) is 2.17. The van der Waals surface area contributed by atoms with E-state index in [-0.39, 0.29) is 19.0 Å². The minimum Gasteiger partial charge on any atom is -0.441 e. The Hall–Kier alpha value is -2.59. The van der Waals surface area contributed by atoms with E-state index in [9.17, 15) is 9.18 Å². The molecule has 2 fully saturated rings. The zero-order chi connectivity index (χ0) is 17.8. The number of carbonyl (C=O) groups is 1. The first-order valence-electron chi connectivity index (χ1n) is 8.30. The van der Waals surface area contributed by atoms with Crippen LogP contribution in [0.1, 0.15) is 19.3 Å². The number of piperidine rings is 1. The second-order valence-corrected chi connectivity index (χ2v) is 6.15. The molecule has 0 bridgehead atoms. The molecule has 1 N–H and O–H groups in total. The van der Waals surface area contributed by atoms with Crippen molar-refractivity contribution in [2.45, 2.75) is 25.4 Å². The van der Waals surface area contributed by atoms with Crippen LogP contribution in [-0.4, -0.2) is 43.5 Å². The highest BCUT2D eigenvalue weighted by atomic mass is 19.1. The monoisotopic (exact) mass is 345 g/mol. The Balaban J connectivity index is 1.69. The average molecular weight is 345 g/mol. The molecule has 1 unspecified atom stereocenters. The zero-order valence-corrected chi connectivity index (χ0v) is 13.8. The van der Waals surface area contributed by atoms with Crippen LogP contribution in [-0.2, 0) is 4.74 Å². The minimum atomic E-state index is -0.573. The lowest BCUT2D eigenvalue weighted by Crippen LogP contribution is -2.31. The standard InChI is InChI=1S/C18H20FN3O3/c19-16-10-14(22-11-15(12-23)25-18(22)24)3-4-17(16)21-8-5-13(6-9-21)2-1-7-20/h2-4,10,15,23H,1,5-6,8-9,11-12H2. The fourth-order valence-electron chi connectivity index (χ4n) is 3.18. The third-order valence-electron chi connectivity index (χ3n) is 4.55. The lowest BCUT2D eigenvalue weighted by Gasteiger charge is -2.31. The van der Waals surface area contributed by atoms with E-state index >= 15 is 0 Å². The van der Waals surface area contributed by atoms with Crippen molar-refractivity contribution in [2.24, 2.45) is 0 Å². The molecule has 1 aromatic rings. The van der Waals surface area contributed by atoms with Gasteiger partial charge in [-0.15, -0.1) is 0 Å². The molecule has 132 valence electrons. The van der Waals surface area contributed by atoms with Crippen LogP contribution in [0.5, 0.6) is 0 Å². The molecule has 0 radical (unpaired) electrons. The number of cyclic esters (lactones) is 1. The first kappa shape index (κ1) is 17.2. The number of anilines is 2. The van der Waals surface area contributed by atoms with Crippen molar-refractivity contribution in [1.82, 2.24) is 0 Å². The highest BCUT2D eigenvalue weighted by molar-refractivity contribution is 5.90.